The zero-order valence-corrected chi connectivity index (χ0v) is 27.1. The van der Waals surface area contributed by atoms with Crippen LogP contribution in [0.5, 0.6) is 5.75 Å². The molecule has 5 aromatic rings. The molecule has 2 aromatic heterocycles. The van der Waals surface area contributed by atoms with Crippen molar-refractivity contribution >= 4 is 60.3 Å². The molecule has 0 aliphatic heterocycles. The normalized spacial score (nSPS) is 12.1. The van der Waals surface area contributed by atoms with Gasteiger partial charge in [0, 0.05) is 45.3 Å². The van der Waals surface area contributed by atoms with Gasteiger partial charge in [0.25, 0.3) is 5.91 Å². The van der Waals surface area contributed by atoms with Crippen molar-refractivity contribution in [3.05, 3.63) is 94.1 Å². The van der Waals surface area contributed by atoms with Crippen LogP contribution in [0, 0.1) is 0 Å². The number of halogens is 1. The van der Waals surface area contributed by atoms with Crippen molar-refractivity contribution in [1.29, 1.82) is 0 Å². The largest absolute Gasteiger partial charge is 0.491 e. The minimum atomic E-state index is -3.41. The van der Waals surface area contributed by atoms with Gasteiger partial charge in [-0.3, -0.25) is 14.2 Å². The van der Waals surface area contributed by atoms with Crippen LogP contribution < -0.4 is 14.8 Å². The maximum atomic E-state index is 13.3. The Morgan fingerprint density at radius 1 is 1.00 bits per heavy atom. The third-order valence-corrected chi connectivity index (χ3v) is 8.90. The Kier molecular flexibility index (Phi) is 8.30. The van der Waals surface area contributed by atoms with E-state index in [1.54, 1.807) is 35.0 Å². The number of ether oxygens (including phenoxy) is 1. The number of anilines is 2. The number of thiophene rings is 1. The molecule has 224 valence electrons. The minimum Gasteiger partial charge on any atom is -0.491 e. The molecule has 0 aliphatic carbocycles. The summed E-state index contributed by atoms with van der Waals surface area (Å²) in [5.41, 5.74) is 4.42. The van der Waals surface area contributed by atoms with E-state index in [-0.39, 0.29) is 12.0 Å². The highest BCUT2D eigenvalue weighted by Gasteiger charge is 2.26. The third kappa shape index (κ3) is 7.21. The maximum absolute atomic E-state index is 13.3. The predicted octanol–water partition coefficient (Wildman–Crippen LogP) is 7.69. The lowest BCUT2D eigenvalue weighted by atomic mass is 9.77. The van der Waals surface area contributed by atoms with E-state index >= 15 is 0 Å². The van der Waals surface area contributed by atoms with Gasteiger partial charge in [0.05, 0.1) is 23.4 Å². The van der Waals surface area contributed by atoms with Crippen LogP contribution in [-0.2, 0) is 22.5 Å². The topological polar surface area (TPSA) is 102 Å². The van der Waals surface area contributed by atoms with Crippen LogP contribution in [-0.4, -0.2) is 36.5 Å². The number of sulfonamides is 1. The lowest BCUT2D eigenvalue weighted by molar-refractivity contribution is 0.103. The molecule has 0 fully saturated rings. The molecule has 11 heteroatoms. The number of fused-ring (bicyclic) bond motifs is 1. The van der Waals surface area contributed by atoms with Crippen LogP contribution in [0.2, 0.25) is 5.02 Å². The molecular weight excluding hydrogens is 604 g/mol. The van der Waals surface area contributed by atoms with Crippen molar-refractivity contribution < 1.29 is 17.9 Å². The lowest BCUT2D eigenvalue weighted by Gasteiger charge is -2.28. The first kappa shape index (κ1) is 30.6. The number of amides is 1. The molecule has 0 radical (unpaired) electrons. The second-order valence-electron chi connectivity index (χ2n) is 11.4. The van der Waals surface area contributed by atoms with Gasteiger partial charge in [0.1, 0.15) is 5.75 Å². The third-order valence-electron chi connectivity index (χ3n) is 6.96. The standard InChI is InChI=1S/C32H33ClN4O4S2/c1-19(2)41-28-11-20(22-17-34-37(5)18-22)9-23(15-28)32(3,4)24-13-25(33)16-27(14-24)35-31(38)30-12-21-10-26(36-43(6,39)40)7-8-29(21)42-30/h7-19,36H,1-6H3,(H,35,38). The van der Waals surface area contributed by atoms with E-state index in [4.69, 9.17) is 16.3 Å². The lowest BCUT2D eigenvalue weighted by Crippen LogP contribution is -2.20. The van der Waals surface area contributed by atoms with Gasteiger partial charge >= 0.3 is 0 Å². The van der Waals surface area contributed by atoms with E-state index in [1.165, 1.54) is 11.3 Å². The number of hydrogen-bond acceptors (Lipinski definition) is 6. The second kappa shape index (κ2) is 11.7. The first-order valence-electron chi connectivity index (χ1n) is 13.6. The highest BCUT2D eigenvalue weighted by atomic mass is 35.5. The highest BCUT2D eigenvalue weighted by molar-refractivity contribution is 7.92. The Labute approximate surface area is 260 Å². The Bertz CT molecular complexity index is 1940. The fraction of sp³-hybridized carbons (Fsp3) is 0.250. The molecule has 0 aliphatic rings. The van der Waals surface area contributed by atoms with Gasteiger partial charge in [-0.25, -0.2) is 8.42 Å². The monoisotopic (exact) mass is 636 g/mol. The number of carbonyl (C=O) groups excluding carboxylic acids is 1. The Morgan fingerprint density at radius 3 is 2.42 bits per heavy atom. The average Bonchev–Trinajstić information content (AvgIpc) is 3.53. The fourth-order valence-electron chi connectivity index (χ4n) is 4.85. The van der Waals surface area contributed by atoms with Crippen LogP contribution in [0.4, 0.5) is 11.4 Å². The van der Waals surface area contributed by atoms with Gasteiger partial charge in [0.2, 0.25) is 10.0 Å². The van der Waals surface area contributed by atoms with Crippen LogP contribution in [0.1, 0.15) is 48.5 Å². The number of aromatic nitrogens is 2. The van der Waals surface area contributed by atoms with E-state index in [1.807, 2.05) is 57.6 Å². The molecule has 0 unspecified atom stereocenters. The van der Waals surface area contributed by atoms with Crippen molar-refractivity contribution in [3.8, 4) is 16.9 Å². The summed E-state index contributed by atoms with van der Waals surface area (Å²) in [6.45, 7) is 8.21. The molecule has 0 bridgehead atoms. The summed E-state index contributed by atoms with van der Waals surface area (Å²) >= 11 is 7.92. The summed E-state index contributed by atoms with van der Waals surface area (Å²) in [7, 11) is -1.52. The van der Waals surface area contributed by atoms with Crippen molar-refractivity contribution in [2.24, 2.45) is 7.05 Å². The second-order valence-corrected chi connectivity index (χ2v) is 14.6. The predicted molar refractivity (Wildman–Crippen MR) is 176 cm³/mol. The van der Waals surface area contributed by atoms with Crippen LogP contribution in [0.15, 0.2) is 73.1 Å². The molecule has 1 amide bonds. The Balaban J connectivity index is 1.45. The van der Waals surface area contributed by atoms with Gasteiger partial charge in [0.15, 0.2) is 0 Å². The fourth-order valence-corrected chi connectivity index (χ4v) is 6.58. The molecule has 0 saturated heterocycles. The van der Waals surface area contributed by atoms with Gasteiger partial charge in [-0.05, 0) is 96.6 Å². The summed E-state index contributed by atoms with van der Waals surface area (Å²) in [5, 5.41) is 8.59. The molecule has 0 saturated carbocycles. The first-order valence-corrected chi connectivity index (χ1v) is 16.7. The number of aryl methyl sites for hydroxylation is 1. The summed E-state index contributed by atoms with van der Waals surface area (Å²) in [6.07, 6.45) is 4.90. The summed E-state index contributed by atoms with van der Waals surface area (Å²) in [6, 6.07) is 18.7. The Morgan fingerprint density at radius 2 is 1.74 bits per heavy atom. The molecule has 3 aromatic carbocycles. The summed E-state index contributed by atoms with van der Waals surface area (Å²) in [4.78, 5) is 13.8. The number of carbonyl (C=O) groups is 1. The smallest absolute Gasteiger partial charge is 0.265 e. The molecule has 0 atom stereocenters. The number of nitrogens with one attached hydrogen (secondary N) is 2. The number of hydrogen-bond donors (Lipinski definition) is 2. The summed E-state index contributed by atoms with van der Waals surface area (Å²) in [5.74, 6) is 0.477. The quantitative estimate of drug-likeness (QED) is 0.173. The zero-order chi connectivity index (χ0) is 31.1. The van der Waals surface area contributed by atoms with Crippen LogP contribution in [0.3, 0.4) is 0 Å². The van der Waals surface area contributed by atoms with Gasteiger partial charge in [-0.1, -0.05) is 25.4 Å². The minimum absolute atomic E-state index is 0.00419. The molecule has 5 rings (SSSR count). The molecule has 0 spiro atoms. The van der Waals surface area contributed by atoms with E-state index < -0.39 is 15.4 Å². The average molecular weight is 637 g/mol. The first-order chi connectivity index (χ1) is 20.2. The van der Waals surface area contributed by atoms with E-state index in [0.717, 1.165) is 44.3 Å². The van der Waals surface area contributed by atoms with Gasteiger partial charge in [-0.15, -0.1) is 11.3 Å². The van der Waals surface area contributed by atoms with Crippen molar-refractivity contribution in [2.45, 2.75) is 39.2 Å². The summed E-state index contributed by atoms with van der Waals surface area (Å²) < 4.78 is 34.5. The van der Waals surface area contributed by atoms with Crippen LogP contribution in [0.25, 0.3) is 21.2 Å². The molecular formula is C32H33ClN4O4S2. The molecule has 2 N–H and O–H groups in total. The van der Waals surface area contributed by atoms with E-state index in [9.17, 15) is 13.2 Å². The van der Waals surface area contributed by atoms with Crippen LogP contribution >= 0.6 is 22.9 Å². The van der Waals surface area contributed by atoms with E-state index in [0.29, 0.717) is 21.3 Å². The SMILES string of the molecule is CC(C)Oc1cc(-c2cnn(C)c2)cc(C(C)(C)c2cc(Cl)cc(NC(=O)c3cc4cc(NS(C)(=O)=O)ccc4s3)c2)c1. The van der Waals surface area contributed by atoms with Crippen molar-refractivity contribution in [2.75, 3.05) is 16.3 Å². The van der Waals surface area contributed by atoms with Gasteiger partial charge in [-0.2, -0.15) is 5.10 Å². The van der Waals surface area contributed by atoms with Crippen molar-refractivity contribution in [3.63, 3.8) is 0 Å². The molecule has 2 heterocycles. The number of rotatable bonds is 9. The van der Waals surface area contributed by atoms with E-state index in [2.05, 4.69) is 35.1 Å². The number of nitrogens with zero attached hydrogens (tertiary/aromatic N) is 2. The maximum Gasteiger partial charge on any atom is 0.265 e. The zero-order valence-electron chi connectivity index (χ0n) is 24.7. The highest BCUT2D eigenvalue weighted by Crippen LogP contribution is 2.39. The molecule has 8 nitrogen and oxygen atoms in total. The van der Waals surface area contributed by atoms with Crippen molar-refractivity contribution in [1.82, 2.24) is 9.78 Å². The molecule has 43 heavy (non-hydrogen) atoms. The Hall–Kier alpha value is -3.86. The number of benzene rings is 3. The van der Waals surface area contributed by atoms with Gasteiger partial charge < -0.3 is 10.1 Å².